The molecule has 4 nitrogen and oxygen atoms in total. The smallest absolute Gasteiger partial charge is 0.235 e. The summed E-state index contributed by atoms with van der Waals surface area (Å²) in [6, 6.07) is 37.1. The lowest BCUT2D eigenvalue weighted by atomic mass is 9.97. The van der Waals surface area contributed by atoms with E-state index in [0.29, 0.717) is 5.95 Å². The predicted octanol–water partition coefficient (Wildman–Crippen LogP) is 12.3. The zero-order valence-electron chi connectivity index (χ0n) is 28.6. The Morgan fingerprint density at radius 1 is 0.755 bits per heavy atom. The number of rotatable bonds is 5. The molecular weight excluding hydrogens is 597 g/mol. The highest BCUT2D eigenvalue weighted by Gasteiger charge is 2.23. The molecule has 0 amide bonds. The van der Waals surface area contributed by atoms with Crippen LogP contribution in [0.1, 0.15) is 51.8 Å². The molecule has 0 unspecified atom stereocenters. The zero-order chi connectivity index (χ0) is 33.5. The van der Waals surface area contributed by atoms with E-state index in [-0.39, 0.29) is 0 Å². The number of hydrogen-bond acceptors (Lipinski definition) is 2. The molecule has 9 rings (SSSR count). The fourth-order valence-corrected chi connectivity index (χ4v) is 7.62. The first kappa shape index (κ1) is 30.6. The van der Waals surface area contributed by atoms with Crippen molar-refractivity contribution in [2.24, 2.45) is 0 Å². The van der Waals surface area contributed by atoms with Gasteiger partial charge < -0.3 is 4.57 Å². The third-order valence-corrected chi connectivity index (χ3v) is 9.58. The molecule has 0 saturated heterocycles. The van der Waals surface area contributed by atoms with Crippen LogP contribution in [0.25, 0.3) is 83.4 Å². The molecule has 0 aliphatic heterocycles. The fourth-order valence-electron chi connectivity index (χ4n) is 7.62. The first-order valence-electron chi connectivity index (χ1n) is 17.6. The summed E-state index contributed by atoms with van der Waals surface area (Å²) in [5, 5.41) is 7.35. The summed E-state index contributed by atoms with van der Waals surface area (Å²) in [6.45, 7) is 8.27. The summed E-state index contributed by atoms with van der Waals surface area (Å²) in [7, 11) is 0. The van der Waals surface area contributed by atoms with Crippen LogP contribution in [-0.4, -0.2) is 19.1 Å². The van der Waals surface area contributed by atoms with Crippen molar-refractivity contribution >= 4 is 66.2 Å². The number of aryl methyl sites for hydroxylation is 1. The van der Waals surface area contributed by atoms with Crippen LogP contribution in [0.5, 0.6) is 0 Å². The van der Waals surface area contributed by atoms with E-state index in [1.54, 1.807) is 0 Å². The van der Waals surface area contributed by atoms with Gasteiger partial charge in [0.25, 0.3) is 0 Å². The highest BCUT2D eigenvalue weighted by Crippen LogP contribution is 2.40. The molecule has 4 heteroatoms. The number of hydrogen-bond donors (Lipinski definition) is 0. The van der Waals surface area contributed by atoms with Crippen molar-refractivity contribution in [1.29, 1.82) is 0 Å². The van der Waals surface area contributed by atoms with E-state index in [1.165, 1.54) is 54.9 Å². The maximum absolute atomic E-state index is 5.43. The van der Waals surface area contributed by atoms with Crippen molar-refractivity contribution < 1.29 is 0 Å². The number of allylic oxidation sites excluding steroid dienone is 5. The molecule has 5 aromatic carbocycles. The monoisotopic (exact) mass is 636 g/mol. The van der Waals surface area contributed by atoms with Gasteiger partial charge in [0.15, 0.2) is 0 Å². The number of benzene rings is 5. The molecular formula is C45H40N4. The summed E-state index contributed by atoms with van der Waals surface area (Å²) in [4.78, 5) is 10.6. The van der Waals surface area contributed by atoms with Crippen LogP contribution in [0, 0.1) is 0 Å². The highest BCUT2D eigenvalue weighted by molar-refractivity contribution is 6.13. The van der Waals surface area contributed by atoms with Gasteiger partial charge in [-0.3, -0.25) is 4.57 Å². The quantitative estimate of drug-likeness (QED) is 0.176. The summed E-state index contributed by atoms with van der Waals surface area (Å²) in [5.41, 5.74) is 10.3. The van der Waals surface area contributed by atoms with E-state index in [9.17, 15) is 0 Å². The molecule has 240 valence electrons. The molecule has 0 fully saturated rings. The van der Waals surface area contributed by atoms with Crippen molar-refractivity contribution in [3.8, 4) is 17.2 Å². The topological polar surface area (TPSA) is 35.6 Å². The first-order valence-corrected chi connectivity index (χ1v) is 17.6. The van der Waals surface area contributed by atoms with Crippen LogP contribution in [0.15, 0.2) is 127 Å². The largest absolute Gasteiger partial charge is 0.310 e. The van der Waals surface area contributed by atoms with Crippen molar-refractivity contribution in [3.63, 3.8) is 0 Å². The Bertz CT molecular complexity index is 2630. The second kappa shape index (κ2) is 12.7. The van der Waals surface area contributed by atoms with E-state index in [4.69, 9.17) is 9.97 Å². The molecule has 0 spiro atoms. The summed E-state index contributed by atoms with van der Waals surface area (Å²) < 4.78 is 4.67. The van der Waals surface area contributed by atoms with Gasteiger partial charge in [0, 0.05) is 32.8 Å². The summed E-state index contributed by atoms with van der Waals surface area (Å²) in [6.07, 6.45) is 14.2. The Morgan fingerprint density at radius 3 is 2.33 bits per heavy atom. The third kappa shape index (κ3) is 4.90. The van der Waals surface area contributed by atoms with Crippen LogP contribution in [0.3, 0.4) is 0 Å². The molecule has 0 N–H and O–H groups in total. The SMILES string of the molecule is C/C=C\C(=C/CC)n1c2ccccc2c2cc(-c3nc(-n4c5c(c6c7ccccc7ccc64)CCC=C5)nc4ccccc34)ccc21.CC. The molecule has 1 aliphatic carbocycles. The van der Waals surface area contributed by atoms with Gasteiger partial charge in [0.2, 0.25) is 5.95 Å². The van der Waals surface area contributed by atoms with Crippen LogP contribution in [-0.2, 0) is 6.42 Å². The van der Waals surface area contributed by atoms with Gasteiger partial charge in [-0.2, -0.15) is 0 Å². The number of fused-ring (bicyclic) bond motifs is 9. The standard InChI is InChI=1S/C43H34N4.C2H6/c1-3-13-30(14-4-2)46-37-21-11-8-17-32(37)35-27-29(24-25-39(35)46)42-33-18-7-10-20-36(33)44-43(45-42)47-38-22-12-9-19-34(38)41-31-16-6-5-15-28(31)23-26-40(41)47;1-2/h3,5-8,10-18,20-27H,4,9,19H2,1-2H3;1-2H3/b13-3-,30-14+;. The number of para-hydroxylation sites is 2. The fraction of sp³-hybridized carbons (Fsp3) is 0.156. The lowest BCUT2D eigenvalue weighted by Crippen LogP contribution is -2.06. The average molecular weight is 637 g/mol. The van der Waals surface area contributed by atoms with Gasteiger partial charge in [-0.1, -0.05) is 112 Å². The summed E-state index contributed by atoms with van der Waals surface area (Å²) >= 11 is 0. The Balaban J connectivity index is 0.00000171. The second-order valence-corrected chi connectivity index (χ2v) is 12.3. The van der Waals surface area contributed by atoms with Gasteiger partial charge in [0.05, 0.1) is 33.5 Å². The van der Waals surface area contributed by atoms with Crippen molar-refractivity contribution in [1.82, 2.24) is 19.1 Å². The molecule has 3 aromatic heterocycles. The van der Waals surface area contributed by atoms with Gasteiger partial charge in [-0.05, 0) is 85.0 Å². The van der Waals surface area contributed by atoms with Crippen molar-refractivity contribution in [2.75, 3.05) is 0 Å². The molecule has 3 heterocycles. The Kier molecular flexibility index (Phi) is 7.93. The van der Waals surface area contributed by atoms with Gasteiger partial charge in [-0.25, -0.2) is 9.97 Å². The normalized spacial score (nSPS) is 13.2. The lowest BCUT2D eigenvalue weighted by molar-refractivity contribution is 0.929. The average Bonchev–Trinajstić information content (AvgIpc) is 3.68. The summed E-state index contributed by atoms with van der Waals surface area (Å²) in [5.74, 6) is 0.704. The Hall–Kier alpha value is -5.74. The zero-order valence-corrected chi connectivity index (χ0v) is 28.6. The molecule has 8 aromatic rings. The van der Waals surface area contributed by atoms with E-state index < -0.39 is 0 Å². The second-order valence-electron chi connectivity index (χ2n) is 12.3. The molecule has 1 aliphatic rings. The molecule has 0 saturated carbocycles. The predicted molar refractivity (Wildman–Crippen MR) is 210 cm³/mol. The van der Waals surface area contributed by atoms with E-state index in [0.717, 1.165) is 46.9 Å². The third-order valence-electron chi connectivity index (χ3n) is 9.58. The van der Waals surface area contributed by atoms with E-state index >= 15 is 0 Å². The minimum Gasteiger partial charge on any atom is -0.310 e. The molecule has 0 atom stereocenters. The number of aromatic nitrogens is 4. The van der Waals surface area contributed by atoms with Crippen LogP contribution < -0.4 is 0 Å². The van der Waals surface area contributed by atoms with Crippen molar-refractivity contribution in [3.05, 3.63) is 139 Å². The highest BCUT2D eigenvalue weighted by atomic mass is 15.2. The van der Waals surface area contributed by atoms with E-state index in [2.05, 4.69) is 156 Å². The molecule has 0 bridgehead atoms. The minimum absolute atomic E-state index is 0.704. The minimum atomic E-state index is 0.704. The van der Waals surface area contributed by atoms with E-state index in [1.807, 2.05) is 13.8 Å². The Morgan fingerprint density at radius 2 is 1.49 bits per heavy atom. The van der Waals surface area contributed by atoms with Gasteiger partial charge in [-0.15, -0.1) is 0 Å². The van der Waals surface area contributed by atoms with Crippen molar-refractivity contribution in [2.45, 2.75) is 47.0 Å². The van der Waals surface area contributed by atoms with Crippen LogP contribution in [0.2, 0.25) is 0 Å². The van der Waals surface area contributed by atoms with Gasteiger partial charge >= 0.3 is 0 Å². The first-order chi connectivity index (χ1) is 24.2. The molecule has 49 heavy (non-hydrogen) atoms. The van der Waals surface area contributed by atoms with Crippen LogP contribution >= 0.6 is 0 Å². The van der Waals surface area contributed by atoms with Gasteiger partial charge in [0.1, 0.15) is 0 Å². The maximum Gasteiger partial charge on any atom is 0.235 e. The van der Waals surface area contributed by atoms with Crippen LogP contribution in [0.4, 0.5) is 0 Å². The number of nitrogens with zero attached hydrogens (tertiary/aromatic N) is 4. The molecule has 0 radical (unpaired) electrons. The Labute approximate surface area is 287 Å². The maximum atomic E-state index is 5.43. The lowest BCUT2D eigenvalue weighted by Gasteiger charge is -2.14.